The van der Waals surface area contributed by atoms with E-state index >= 15 is 0 Å². The van der Waals surface area contributed by atoms with Crippen LogP contribution in [0.5, 0.6) is 0 Å². The minimum atomic E-state index is -3.03. The molecule has 2 aliphatic heterocycles. The van der Waals surface area contributed by atoms with Crippen molar-refractivity contribution in [2.75, 3.05) is 16.4 Å². The molecule has 5 nitrogen and oxygen atoms in total. The third-order valence-electron chi connectivity index (χ3n) is 4.52. The standard InChI is InChI=1S/C17H22N2O3S2/c1-4-5-16(20)18-17-19(13-7-6-11(2)12(3)8-13)14-9-24(21,22)10-15(14)23-17/h6-8,14-15H,4-5,9-10H2,1-3H3/t14-,15-/m0/s1. The zero-order valence-corrected chi connectivity index (χ0v) is 15.8. The molecular weight excluding hydrogens is 344 g/mol. The largest absolute Gasteiger partial charge is 0.316 e. The molecule has 1 aromatic rings. The van der Waals surface area contributed by atoms with Gasteiger partial charge in [-0.05, 0) is 43.5 Å². The molecule has 2 heterocycles. The average Bonchev–Trinajstić information content (AvgIpc) is 2.93. The highest BCUT2D eigenvalue weighted by atomic mass is 32.2. The first-order valence-electron chi connectivity index (χ1n) is 8.16. The van der Waals surface area contributed by atoms with E-state index < -0.39 is 9.84 Å². The smallest absolute Gasteiger partial charge is 0.248 e. The van der Waals surface area contributed by atoms with E-state index in [1.54, 1.807) is 0 Å². The maximum Gasteiger partial charge on any atom is 0.248 e. The number of fused-ring (bicyclic) bond motifs is 1. The second kappa shape index (κ2) is 6.52. The van der Waals surface area contributed by atoms with Gasteiger partial charge in [0.05, 0.1) is 17.5 Å². The summed E-state index contributed by atoms with van der Waals surface area (Å²) in [7, 11) is -3.03. The van der Waals surface area contributed by atoms with E-state index in [0.717, 1.165) is 17.7 Å². The summed E-state index contributed by atoms with van der Waals surface area (Å²) in [5.74, 6) is 0.139. The van der Waals surface area contributed by atoms with Crippen LogP contribution in [0.1, 0.15) is 30.9 Å². The van der Waals surface area contributed by atoms with Gasteiger partial charge in [0.15, 0.2) is 15.0 Å². The number of amides is 1. The van der Waals surface area contributed by atoms with Crippen molar-refractivity contribution in [3.8, 4) is 0 Å². The van der Waals surface area contributed by atoms with Gasteiger partial charge >= 0.3 is 0 Å². The van der Waals surface area contributed by atoms with Gasteiger partial charge in [0.1, 0.15) is 0 Å². The fraction of sp³-hybridized carbons (Fsp3) is 0.529. The minimum Gasteiger partial charge on any atom is -0.316 e. The van der Waals surface area contributed by atoms with Crippen molar-refractivity contribution in [3.63, 3.8) is 0 Å². The molecule has 2 aliphatic rings. The van der Waals surface area contributed by atoms with Gasteiger partial charge in [0, 0.05) is 17.4 Å². The van der Waals surface area contributed by atoms with E-state index in [1.807, 2.05) is 43.9 Å². The first-order valence-corrected chi connectivity index (χ1v) is 10.9. The molecule has 0 unspecified atom stereocenters. The van der Waals surface area contributed by atoms with Crippen LogP contribution < -0.4 is 4.90 Å². The molecule has 1 amide bonds. The third-order valence-corrected chi connectivity index (χ3v) is 7.73. The normalized spacial score (nSPS) is 26.8. The van der Waals surface area contributed by atoms with Crippen LogP contribution in [0.3, 0.4) is 0 Å². The Balaban J connectivity index is 2.01. The van der Waals surface area contributed by atoms with Crippen LogP contribution in [0.4, 0.5) is 5.69 Å². The van der Waals surface area contributed by atoms with Crippen molar-refractivity contribution in [1.29, 1.82) is 0 Å². The molecule has 0 radical (unpaired) electrons. The van der Waals surface area contributed by atoms with E-state index in [1.165, 1.54) is 17.3 Å². The number of carbonyl (C=O) groups excluding carboxylic acids is 1. The molecule has 7 heteroatoms. The van der Waals surface area contributed by atoms with Gasteiger partial charge in [0.2, 0.25) is 5.91 Å². The van der Waals surface area contributed by atoms with Crippen molar-refractivity contribution in [1.82, 2.24) is 0 Å². The van der Waals surface area contributed by atoms with E-state index in [0.29, 0.717) is 11.6 Å². The lowest BCUT2D eigenvalue weighted by molar-refractivity contribution is -0.117. The highest BCUT2D eigenvalue weighted by Gasteiger charge is 2.49. The van der Waals surface area contributed by atoms with Crippen molar-refractivity contribution < 1.29 is 13.2 Å². The van der Waals surface area contributed by atoms with Gasteiger partial charge in [-0.2, -0.15) is 4.99 Å². The molecule has 0 spiro atoms. The number of sulfone groups is 1. The summed E-state index contributed by atoms with van der Waals surface area (Å²) >= 11 is 1.43. The van der Waals surface area contributed by atoms with Gasteiger partial charge in [-0.3, -0.25) is 4.79 Å². The molecule has 0 aliphatic carbocycles. The van der Waals surface area contributed by atoms with Crippen molar-refractivity contribution in [2.24, 2.45) is 4.99 Å². The van der Waals surface area contributed by atoms with E-state index in [-0.39, 0.29) is 28.7 Å². The number of nitrogens with zero attached hydrogens (tertiary/aromatic N) is 2. The summed E-state index contributed by atoms with van der Waals surface area (Å²) in [5.41, 5.74) is 3.24. The van der Waals surface area contributed by atoms with Gasteiger partial charge in [-0.25, -0.2) is 8.42 Å². The van der Waals surface area contributed by atoms with Gasteiger partial charge < -0.3 is 4.90 Å². The number of carbonyl (C=O) groups is 1. The molecule has 0 saturated carbocycles. The Hall–Kier alpha value is -1.34. The Kier molecular flexibility index (Phi) is 4.75. The zero-order valence-electron chi connectivity index (χ0n) is 14.2. The summed E-state index contributed by atoms with van der Waals surface area (Å²) < 4.78 is 24.1. The quantitative estimate of drug-likeness (QED) is 0.823. The predicted octanol–water partition coefficient (Wildman–Crippen LogP) is 2.70. The lowest BCUT2D eigenvalue weighted by atomic mass is 10.1. The van der Waals surface area contributed by atoms with Crippen LogP contribution in [-0.4, -0.2) is 42.3 Å². The first kappa shape index (κ1) is 17.5. The van der Waals surface area contributed by atoms with Crippen LogP contribution >= 0.6 is 11.8 Å². The Morgan fingerprint density at radius 1 is 1.29 bits per heavy atom. The number of hydrogen-bond donors (Lipinski definition) is 0. The lowest BCUT2D eigenvalue weighted by Gasteiger charge is -2.25. The zero-order chi connectivity index (χ0) is 17.5. The van der Waals surface area contributed by atoms with E-state index in [9.17, 15) is 13.2 Å². The number of benzene rings is 1. The van der Waals surface area contributed by atoms with Crippen LogP contribution in [0, 0.1) is 13.8 Å². The van der Waals surface area contributed by atoms with Crippen molar-refractivity contribution >= 4 is 38.4 Å². The Bertz CT molecular complexity index is 802. The fourth-order valence-electron chi connectivity index (χ4n) is 3.12. The predicted molar refractivity (Wildman–Crippen MR) is 99.6 cm³/mol. The molecule has 3 rings (SSSR count). The monoisotopic (exact) mass is 366 g/mol. The van der Waals surface area contributed by atoms with Crippen LogP contribution in [0.15, 0.2) is 23.2 Å². The summed E-state index contributed by atoms with van der Waals surface area (Å²) in [4.78, 5) is 18.2. The molecule has 0 bridgehead atoms. The molecule has 0 aromatic heterocycles. The topological polar surface area (TPSA) is 66.8 Å². The van der Waals surface area contributed by atoms with Crippen molar-refractivity contribution in [3.05, 3.63) is 29.3 Å². The molecule has 1 aromatic carbocycles. The van der Waals surface area contributed by atoms with Crippen molar-refractivity contribution in [2.45, 2.75) is 44.9 Å². The van der Waals surface area contributed by atoms with Gasteiger partial charge in [-0.1, -0.05) is 24.8 Å². The molecular formula is C17H22N2O3S2. The van der Waals surface area contributed by atoms with Crippen LogP contribution in [0.25, 0.3) is 0 Å². The van der Waals surface area contributed by atoms with Crippen LogP contribution in [-0.2, 0) is 14.6 Å². The number of hydrogen-bond acceptors (Lipinski definition) is 4. The highest BCUT2D eigenvalue weighted by molar-refractivity contribution is 8.16. The molecule has 2 saturated heterocycles. The number of aryl methyl sites for hydroxylation is 2. The third kappa shape index (κ3) is 3.37. The maximum absolute atomic E-state index is 12.0. The minimum absolute atomic E-state index is 0.0511. The second-order valence-electron chi connectivity index (χ2n) is 6.48. The number of aliphatic imine (C=N–C) groups is 1. The average molecular weight is 367 g/mol. The lowest BCUT2D eigenvalue weighted by Crippen LogP contribution is -2.37. The first-order chi connectivity index (χ1) is 11.3. The molecule has 0 N–H and O–H groups in total. The second-order valence-corrected chi connectivity index (χ2v) is 9.84. The highest BCUT2D eigenvalue weighted by Crippen LogP contribution is 2.41. The molecule has 130 valence electrons. The molecule has 2 fully saturated rings. The van der Waals surface area contributed by atoms with E-state index in [4.69, 9.17) is 0 Å². The summed E-state index contributed by atoms with van der Waals surface area (Å²) in [6, 6.07) is 5.91. The Morgan fingerprint density at radius 2 is 2.04 bits per heavy atom. The summed E-state index contributed by atoms with van der Waals surface area (Å²) in [6.07, 6.45) is 1.17. The van der Waals surface area contributed by atoms with Gasteiger partial charge in [0.25, 0.3) is 0 Å². The number of thioether (sulfide) groups is 1. The Morgan fingerprint density at radius 3 is 2.71 bits per heavy atom. The fourth-order valence-corrected chi connectivity index (χ4v) is 7.05. The number of rotatable bonds is 3. The summed E-state index contributed by atoms with van der Waals surface area (Å²) in [5, 5.41) is 0.589. The SMILES string of the molecule is CCCC(=O)N=C1S[C@H]2CS(=O)(=O)C[C@@H]2N1c1ccc(C)c(C)c1. The van der Waals surface area contributed by atoms with Crippen LogP contribution in [0.2, 0.25) is 0 Å². The Labute approximate surface area is 147 Å². The molecule has 24 heavy (non-hydrogen) atoms. The molecule has 2 atom stereocenters. The number of amidine groups is 1. The maximum atomic E-state index is 12.0. The van der Waals surface area contributed by atoms with Gasteiger partial charge in [-0.15, -0.1) is 0 Å². The number of anilines is 1. The van der Waals surface area contributed by atoms with E-state index in [2.05, 4.69) is 4.99 Å². The summed E-state index contributed by atoms with van der Waals surface area (Å²) in [6.45, 7) is 6.02.